The van der Waals surface area contributed by atoms with E-state index >= 15 is 0 Å². The Bertz CT molecular complexity index is 3510. The Morgan fingerprint density at radius 3 is 1.50 bits per heavy atom. The zero-order valence-electron chi connectivity index (χ0n) is 45.1. The first kappa shape index (κ1) is 8.91. The smallest absolute Gasteiger partial charge is 0.0616 e. The van der Waals surface area contributed by atoms with Crippen molar-refractivity contribution in [2.24, 2.45) is 0 Å². The molecule has 0 aliphatic carbocycles. The number of rotatable bonds is 3. The van der Waals surface area contributed by atoms with Crippen LogP contribution in [0, 0.1) is 0 Å². The summed E-state index contributed by atoms with van der Waals surface area (Å²) in [5.74, 6) is 0. The van der Waals surface area contributed by atoms with E-state index in [-0.39, 0.29) is 5.39 Å². The molecule has 8 aromatic carbocycles. The SMILES string of the molecule is [2H]c1cc2c([2H])c([2H])c([2H])c([2H])c2c(-c2c3c([2H])c([2H])c([2H])c([2H])c3c(-c3c([2H])c([2H])c([2H])c(-c4c([2H])c([2H])c([2H])c5c([2H])c([2H])c([2H])c([2H])c45)c3[2H])c3c([2H])c([2H])c([2H])c([2H])c23)c1[2H]. The first-order chi connectivity index (χ1) is 30.3. The molecule has 0 unspecified atom stereocenters. The first-order valence-corrected chi connectivity index (χ1v) is 11.8. The molecule has 0 nitrogen and oxygen atoms in total. The summed E-state index contributed by atoms with van der Waals surface area (Å²) in [6, 6.07) is -21.3. The monoisotopic (exact) mass is 531 g/mol. The molecule has 0 radical (unpaired) electrons. The van der Waals surface area contributed by atoms with E-state index in [1.165, 1.54) is 0 Å². The molecule has 0 amide bonds. The van der Waals surface area contributed by atoms with Crippen molar-refractivity contribution in [2.45, 2.75) is 0 Å². The van der Waals surface area contributed by atoms with Crippen LogP contribution in [0.1, 0.15) is 34.3 Å². The van der Waals surface area contributed by atoms with E-state index in [1.54, 1.807) is 0 Å². The van der Waals surface area contributed by atoms with Crippen molar-refractivity contribution in [2.75, 3.05) is 0 Å². The Labute approximate surface area is 268 Å². The van der Waals surface area contributed by atoms with Crippen molar-refractivity contribution in [3.8, 4) is 33.4 Å². The molecule has 0 heteroatoms. The topological polar surface area (TPSA) is 0 Å². The fourth-order valence-corrected chi connectivity index (χ4v) is 4.78. The Morgan fingerprint density at radius 1 is 0.325 bits per heavy atom. The molecular weight excluding hydrogens is 480 g/mol. The summed E-state index contributed by atoms with van der Waals surface area (Å²) in [5, 5.41) is -4.78. The van der Waals surface area contributed by atoms with Crippen LogP contribution >= 0.6 is 0 Å². The first-order valence-electron chi connectivity index (χ1n) is 24.3. The van der Waals surface area contributed by atoms with Crippen molar-refractivity contribution in [3.05, 3.63) is 157 Å². The average molecular weight is 532 g/mol. The van der Waals surface area contributed by atoms with E-state index < -0.39 is 222 Å². The van der Waals surface area contributed by atoms with E-state index in [0.29, 0.717) is 0 Å². The molecule has 0 fully saturated rings. The highest BCUT2D eigenvalue weighted by Gasteiger charge is 2.18. The lowest BCUT2D eigenvalue weighted by Crippen LogP contribution is -1.92. The van der Waals surface area contributed by atoms with E-state index in [2.05, 4.69) is 0 Å². The predicted octanol–water partition coefficient (Wildman–Crippen LogP) is 11.3. The van der Waals surface area contributed by atoms with Crippen LogP contribution < -0.4 is 0 Å². The normalized spacial score (nSPS) is 20.2. The van der Waals surface area contributed by atoms with Crippen LogP contribution in [-0.4, -0.2) is 0 Å². The zero-order valence-corrected chi connectivity index (χ0v) is 20.1. The fraction of sp³-hybridized carbons (Fsp3) is 0. The Morgan fingerprint density at radius 2 is 0.800 bits per heavy atom. The summed E-state index contributed by atoms with van der Waals surface area (Å²) in [4.78, 5) is 0. The molecular formula is C40H26. The van der Waals surface area contributed by atoms with Gasteiger partial charge in [0.2, 0.25) is 0 Å². The minimum absolute atomic E-state index is 0.334. The third kappa shape index (κ3) is 3.54. The third-order valence-corrected chi connectivity index (χ3v) is 6.44. The van der Waals surface area contributed by atoms with Crippen molar-refractivity contribution >= 4 is 43.1 Å². The van der Waals surface area contributed by atoms with Crippen molar-refractivity contribution in [3.63, 3.8) is 0 Å². The van der Waals surface area contributed by atoms with Crippen molar-refractivity contribution < 1.29 is 34.3 Å². The van der Waals surface area contributed by atoms with Gasteiger partial charge in [-0.25, -0.2) is 0 Å². The molecule has 40 heavy (non-hydrogen) atoms. The molecule has 186 valence electrons. The summed E-state index contributed by atoms with van der Waals surface area (Å²) in [6.07, 6.45) is 0. The average Bonchev–Trinajstić information content (AvgIpc) is 3.27. The summed E-state index contributed by atoms with van der Waals surface area (Å²) in [7, 11) is 0. The van der Waals surface area contributed by atoms with Crippen LogP contribution in [0.2, 0.25) is 0 Å². The number of fused-ring (bicyclic) bond motifs is 4. The molecule has 0 atom stereocenters. The molecule has 0 aliphatic rings. The molecule has 0 spiro atoms. The van der Waals surface area contributed by atoms with Gasteiger partial charge in [-0.1, -0.05) is 151 Å². The Hall–Kier alpha value is -5.20. The van der Waals surface area contributed by atoms with E-state index in [1.807, 2.05) is 0 Å². The number of benzene rings is 8. The summed E-state index contributed by atoms with van der Waals surface area (Å²) in [6.45, 7) is 0. The lowest BCUT2D eigenvalue weighted by Gasteiger charge is -2.19. The van der Waals surface area contributed by atoms with Crippen LogP contribution in [0.4, 0.5) is 0 Å². The molecule has 0 aliphatic heterocycles. The lowest BCUT2D eigenvalue weighted by atomic mass is 9.84. The van der Waals surface area contributed by atoms with Crippen LogP contribution in [0.25, 0.3) is 76.5 Å². The minimum atomic E-state index is -1.05. The number of hydrogen-bond acceptors (Lipinski definition) is 0. The van der Waals surface area contributed by atoms with Crippen LogP contribution in [0.15, 0.2) is 157 Å². The summed E-state index contributed by atoms with van der Waals surface area (Å²) in [5.41, 5.74) is -4.34. The molecule has 0 N–H and O–H groups in total. The maximum absolute atomic E-state index is 9.76. The van der Waals surface area contributed by atoms with E-state index in [0.717, 1.165) is 6.07 Å². The highest BCUT2D eigenvalue weighted by atomic mass is 14.2. The highest BCUT2D eigenvalue weighted by Crippen LogP contribution is 2.45. The van der Waals surface area contributed by atoms with Gasteiger partial charge in [0.1, 0.15) is 0 Å². The van der Waals surface area contributed by atoms with Gasteiger partial charge in [-0.05, 0) is 82.5 Å². The predicted molar refractivity (Wildman–Crippen MR) is 173 cm³/mol. The summed E-state index contributed by atoms with van der Waals surface area (Å²) >= 11 is 0. The van der Waals surface area contributed by atoms with Gasteiger partial charge >= 0.3 is 0 Å². The second-order valence-electron chi connectivity index (χ2n) is 8.58. The van der Waals surface area contributed by atoms with Crippen LogP contribution in [-0.2, 0) is 0 Å². The quantitative estimate of drug-likeness (QED) is 0.199. The number of hydrogen-bond donors (Lipinski definition) is 0. The van der Waals surface area contributed by atoms with Gasteiger partial charge in [0.25, 0.3) is 0 Å². The molecule has 0 bridgehead atoms. The third-order valence-electron chi connectivity index (χ3n) is 6.44. The van der Waals surface area contributed by atoms with Gasteiger partial charge in [-0.3, -0.25) is 0 Å². The van der Waals surface area contributed by atoms with Gasteiger partial charge in [0.15, 0.2) is 0 Å². The second-order valence-corrected chi connectivity index (χ2v) is 8.58. The molecule has 8 rings (SSSR count). The maximum Gasteiger partial charge on any atom is 0.0636 e. The molecule has 0 aromatic heterocycles. The largest absolute Gasteiger partial charge is 0.0636 e. The van der Waals surface area contributed by atoms with E-state index in [4.69, 9.17) is 24.7 Å². The molecule has 0 heterocycles. The zero-order chi connectivity index (χ0) is 48.2. The van der Waals surface area contributed by atoms with Gasteiger partial charge in [0.05, 0.1) is 34.3 Å². The van der Waals surface area contributed by atoms with Gasteiger partial charge < -0.3 is 0 Å². The van der Waals surface area contributed by atoms with Crippen LogP contribution in [0.3, 0.4) is 0 Å². The molecule has 0 saturated heterocycles. The standard InChI is InChI=1S/C40H26/c1-3-18-31-27(12-1)14-10-24-33(31)29-16-9-17-30(26-29)39-35-20-5-7-22-37(35)40(38-23-8-6-21-36(38)39)34-25-11-15-28-13-2-4-19-32(28)34/h1-26H/i1D,2D,3D,4D,5D,6D,7D,8D,9D,10D,11D,12D,13D,14D,16D,17D,18D,19D,20D,21D,22D,23D,24D,25D,26D. The van der Waals surface area contributed by atoms with Gasteiger partial charge in [0, 0.05) is 0 Å². The second kappa shape index (κ2) is 9.22. The van der Waals surface area contributed by atoms with Crippen molar-refractivity contribution in [1.29, 1.82) is 0 Å². The molecule has 0 saturated carbocycles. The summed E-state index contributed by atoms with van der Waals surface area (Å²) < 4.78 is 222. The Kier molecular flexibility index (Phi) is 2.05. The molecule has 8 aromatic rings. The fourth-order valence-electron chi connectivity index (χ4n) is 4.78. The highest BCUT2D eigenvalue weighted by molar-refractivity contribution is 6.23. The van der Waals surface area contributed by atoms with Gasteiger partial charge in [-0.15, -0.1) is 0 Å². The Balaban J connectivity index is 1.76. The minimum Gasteiger partial charge on any atom is -0.0616 e. The van der Waals surface area contributed by atoms with Crippen LogP contribution in [0.5, 0.6) is 0 Å². The van der Waals surface area contributed by atoms with Gasteiger partial charge in [-0.2, -0.15) is 0 Å². The maximum atomic E-state index is 9.76. The lowest BCUT2D eigenvalue weighted by molar-refractivity contribution is 1.63. The van der Waals surface area contributed by atoms with E-state index in [9.17, 15) is 9.60 Å². The van der Waals surface area contributed by atoms with Crippen molar-refractivity contribution in [1.82, 2.24) is 0 Å².